The molecule has 1 aromatic carbocycles. The summed E-state index contributed by atoms with van der Waals surface area (Å²) in [7, 11) is 0. The first kappa shape index (κ1) is 16.9. The zero-order valence-corrected chi connectivity index (χ0v) is 14.3. The van der Waals surface area contributed by atoms with E-state index in [0.29, 0.717) is 28.8 Å². The Kier molecular flexibility index (Phi) is 6.18. The van der Waals surface area contributed by atoms with E-state index in [2.05, 4.69) is 35.1 Å². The van der Waals surface area contributed by atoms with Crippen LogP contribution in [0.1, 0.15) is 45.1 Å². The standard InChI is InChI=1S/C17H24BrF2N/c1-11(2)21-10-13(12-5-3-4-6-12)9-14-16(19)8-7-15(18)17(14)20/h7-8,11-13,21H,3-6,9-10H2,1-2H3. The number of hydrogen-bond acceptors (Lipinski definition) is 1. The van der Waals surface area contributed by atoms with E-state index in [1.807, 2.05) is 0 Å². The van der Waals surface area contributed by atoms with Gasteiger partial charge in [0.05, 0.1) is 4.47 Å². The van der Waals surface area contributed by atoms with Gasteiger partial charge in [0.15, 0.2) is 0 Å². The summed E-state index contributed by atoms with van der Waals surface area (Å²) in [5, 5.41) is 3.44. The molecule has 1 aromatic rings. The summed E-state index contributed by atoms with van der Waals surface area (Å²) in [4.78, 5) is 0. The Balaban J connectivity index is 2.15. The third-order valence-corrected chi connectivity index (χ3v) is 5.07. The highest BCUT2D eigenvalue weighted by Crippen LogP contribution is 2.34. The molecule has 1 aliphatic rings. The van der Waals surface area contributed by atoms with Crippen LogP contribution < -0.4 is 5.32 Å². The molecule has 118 valence electrons. The second kappa shape index (κ2) is 7.68. The SMILES string of the molecule is CC(C)NCC(Cc1c(F)ccc(Br)c1F)C1CCCC1. The Hall–Kier alpha value is -0.480. The van der Waals surface area contributed by atoms with Crippen molar-refractivity contribution in [2.45, 2.75) is 52.0 Å². The molecule has 1 N–H and O–H groups in total. The number of hydrogen-bond donors (Lipinski definition) is 1. The molecule has 0 amide bonds. The molecule has 0 bridgehead atoms. The highest BCUT2D eigenvalue weighted by molar-refractivity contribution is 9.10. The summed E-state index contributed by atoms with van der Waals surface area (Å²) in [6, 6.07) is 3.18. The van der Waals surface area contributed by atoms with Crippen molar-refractivity contribution in [2.75, 3.05) is 6.54 Å². The minimum absolute atomic E-state index is 0.229. The fraction of sp³-hybridized carbons (Fsp3) is 0.647. The fourth-order valence-corrected chi connectivity index (χ4v) is 3.61. The van der Waals surface area contributed by atoms with Crippen molar-refractivity contribution in [3.63, 3.8) is 0 Å². The zero-order chi connectivity index (χ0) is 15.4. The Morgan fingerprint density at radius 2 is 1.90 bits per heavy atom. The number of rotatable bonds is 6. The third-order valence-electron chi connectivity index (χ3n) is 4.46. The molecule has 1 atom stereocenters. The predicted octanol–water partition coefficient (Wildman–Crippen LogP) is 5.07. The predicted molar refractivity (Wildman–Crippen MR) is 86.3 cm³/mol. The van der Waals surface area contributed by atoms with Gasteiger partial charge in [0, 0.05) is 11.6 Å². The van der Waals surface area contributed by atoms with Crippen LogP contribution in [-0.2, 0) is 6.42 Å². The van der Waals surface area contributed by atoms with Crippen LogP contribution in [0.2, 0.25) is 0 Å². The van der Waals surface area contributed by atoms with E-state index in [0.717, 1.165) is 6.54 Å². The van der Waals surface area contributed by atoms with E-state index in [4.69, 9.17) is 0 Å². The molecule has 0 saturated heterocycles. The lowest BCUT2D eigenvalue weighted by Crippen LogP contribution is -2.33. The highest BCUT2D eigenvalue weighted by atomic mass is 79.9. The van der Waals surface area contributed by atoms with E-state index in [1.165, 1.54) is 37.8 Å². The van der Waals surface area contributed by atoms with Gasteiger partial charge >= 0.3 is 0 Å². The number of halogens is 3. The smallest absolute Gasteiger partial charge is 0.143 e. The lowest BCUT2D eigenvalue weighted by atomic mass is 9.85. The van der Waals surface area contributed by atoms with Crippen molar-refractivity contribution in [3.8, 4) is 0 Å². The molecule has 0 heterocycles. The molecule has 1 nitrogen and oxygen atoms in total. The molecule has 2 rings (SSSR count). The first-order valence-electron chi connectivity index (χ1n) is 7.84. The number of nitrogens with one attached hydrogen (secondary N) is 1. The van der Waals surface area contributed by atoms with Crippen LogP contribution in [0.5, 0.6) is 0 Å². The molecule has 0 spiro atoms. The molecular formula is C17H24BrF2N. The van der Waals surface area contributed by atoms with Gasteiger partial charge < -0.3 is 5.32 Å². The van der Waals surface area contributed by atoms with Crippen LogP contribution in [0.25, 0.3) is 0 Å². The van der Waals surface area contributed by atoms with Gasteiger partial charge in [-0.1, -0.05) is 39.5 Å². The molecule has 1 aliphatic carbocycles. The Morgan fingerprint density at radius 3 is 2.52 bits per heavy atom. The zero-order valence-electron chi connectivity index (χ0n) is 12.8. The monoisotopic (exact) mass is 359 g/mol. The quantitative estimate of drug-likeness (QED) is 0.698. The Morgan fingerprint density at radius 1 is 1.24 bits per heavy atom. The topological polar surface area (TPSA) is 12.0 Å². The van der Waals surface area contributed by atoms with E-state index in [9.17, 15) is 8.78 Å². The largest absolute Gasteiger partial charge is 0.314 e. The first-order valence-corrected chi connectivity index (χ1v) is 8.64. The van der Waals surface area contributed by atoms with Crippen molar-refractivity contribution < 1.29 is 8.78 Å². The van der Waals surface area contributed by atoms with E-state index in [-0.39, 0.29) is 5.56 Å². The number of benzene rings is 1. The minimum atomic E-state index is -0.442. The molecular weight excluding hydrogens is 336 g/mol. The first-order chi connectivity index (χ1) is 9.99. The second-order valence-corrected chi connectivity index (χ2v) is 7.25. The van der Waals surface area contributed by atoms with E-state index >= 15 is 0 Å². The highest BCUT2D eigenvalue weighted by Gasteiger charge is 2.27. The molecule has 0 radical (unpaired) electrons. The summed E-state index contributed by atoms with van der Waals surface area (Å²) in [6.07, 6.45) is 5.32. The van der Waals surface area contributed by atoms with Crippen molar-refractivity contribution in [1.82, 2.24) is 5.32 Å². The normalized spacial score (nSPS) is 17.6. The minimum Gasteiger partial charge on any atom is -0.314 e. The molecule has 0 aromatic heterocycles. The summed E-state index contributed by atoms with van der Waals surface area (Å²) in [6.45, 7) is 5.03. The summed E-state index contributed by atoms with van der Waals surface area (Å²) in [5.74, 6) is 0.00743. The van der Waals surface area contributed by atoms with Gasteiger partial charge in [-0.2, -0.15) is 0 Å². The van der Waals surface area contributed by atoms with Crippen LogP contribution >= 0.6 is 15.9 Å². The van der Waals surface area contributed by atoms with Crippen LogP contribution in [0.15, 0.2) is 16.6 Å². The molecule has 21 heavy (non-hydrogen) atoms. The maximum atomic E-state index is 14.2. The fourth-order valence-electron chi connectivity index (χ4n) is 3.24. The van der Waals surface area contributed by atoms with Crippen LogP contribution in [0.3, 0.4) is 0 Å². The van der Waals surface area contributed by atoms with Gasteiger partial charge in [0.2, 0.25) is 0 Å². The van der Waals surface area contributed by atoms with Gasteiger partial charge in [0.1, 0.15) is 11.6 Å². The summed E-state index contributed by atoms with van der Waals surface area (Å²) < 4.78 is 28.5. The van der Waals surface area contributed by atoms with Gasteiger partial charge in [-0.3, -0.25) is 0 Å². The molecule has 0 aliphatic heterocycles. The maximum absolute atomic E-state index is 14.2. The van der Waals surface area contributed by atoms with E-state index in [1.54, 1.807) is 0 Å². The van der Waals surface area contributed by atoms with Gasteiger partial charge in [0.25, 0.3) is 0 Å². The van der Waals surface area contributed by atoms with Gasteiger partial charge in [-0.25, -0.2) is 8.78 Å². The second-order valence-electron chi connectivity index (χ2n) is 6.39. The maximum Gasteiger partial charge on any atom is 0.143 e. The average Bonchev–Trinajstić information content (AvgIpc) is 2.96. The molecule has 1 saturated carbocycles. The molecule has 1 unspecified atom stereocenters. The van der Waals surface area contributed by atoms with Crippen LogP contribution in [0.4, 0.5) is 8.78 Å². The van der Waals surface area contributed by atoms with Crippen molar-refractivity contribution >= 4 is 15.9 Å². The van der Waals surface area contributed by atoms with Gasteiger partial charge in [-0.05, 0) is 52.9 Å². The van der Waals surface area contributed by atoms with Crippen molar-refractivity contribution in [3.05, 3.63) is 33.8 Å². The lowest BCUT2D eigenvalue weighted by Gasteiger charge is -2.25. The van der Waals surface area contributed by atoms with Crippen molar-refractivity contribution in [1.29, 1.82) is 0 Å². The average molecular weight is 360 g/mol. The molecule has 4 heteroatoms. The Bertz CT molecular complexity index is 470. The molecule has 1 fully saturated rings. The van der Waals surface area contributed by atoms with Crippen molar-refractivity contribution in [2.24, 2.45) is 11.8 Å². The van der Waals surface area contributed by atoms with Gasteiger partial charge in [-0.15, -0.1) is 0 Å². The Labute approximate surface area is 134 Å². The van der Waals surface area contributed by atoms with E-state index < -0.39 is 11.6 Å². The lowest BCUT2D eigenvalue weighted by molar-refractivity contribution is 0.306. The summed E-state index contributed by atoms with van der Waals surface area (Å²) >= 11 is 3.16. The summed E-state index contributed by atoms with van der Waals surface area (Å²) in [5.41, 5.74) is 0.229. The third kappa shape index (κ3) is 4.49. The van der Waals surface area contributed by atoms with Crippen LogP contribution in [0, 0.1) is 23.5 Å². The van der Waals surface area contributed by atoms with Crippen LogP contribution in [-0.4, -0.2) is 12.6 Å².